The van der Waals surface area contributed by atoms with E-state index >= 15 is 0 Å². The van der Waals surface area contributed by atoms with E-state index in [1.807, 2.05) is 0 Å². The summed E-state index contributed by atoms with van der Waals surface area (Å²) >= 11 is 0. The van der Waals surface area contributed by atoms with E-state index in [0.717, 1.165) is 0 Å². The van der Waals surface area contributed by atoms with Gasteiger partial charge in [-0.15, -0.1) is 0 Å². The van der Waals surface area contributed by atoms with Crippen molar-refractivity contribution in [3.63, 3.8) is 0 Å². The van der Waals surface area contributed by atoms with Gasteiger partial charge in [0.05, 0.1) is 0 Å². The van der Waals surface area contributed by atoms with Gasteiger partial charge in [-0.2, -0.15) is 0 Å². The quantitative estimate of drug-likeness (QED) is 0.223. The van der Waals surface area contributed by atoms with Crippen molar-refractivity contribution in [1.29, 1.82) is 0 Å². The van der Waals surface area contributed by atoms with Crippen LogP contribution in [0.15, 0.2) is 12.1 Å². The first kappa shape index (κ1) is 14.9. The number of rotatable bonds is 2. The number of benzene rings is 2. The highest BCUT2D eigenvalue weighted by molar-refractivity contribution is 6.16. The molecule has 0 fully saturated rings. The van der Waals surface area contributed by atoms with Gasteiger partial charge in [-0.05, 0) is 0 Å². The Morgan fingerprint density at radius 3 is 1.45 bits per heavy atom. The molecular formula is C13H10O9. The van der Waals surface area contributed by atoms with Crippen molar-refractivity contribution in [2.75, 3.05) is 0 Å². The van der Waals surface area contributed by atoms with Gasteiger partial charge in [0.25, 0.3) is 0 Å². The van der Waals surface area contributed by atoms with Crippen molar-refractivity contribution < 1.29 is 45.6 Å². The molecule has 22 heavy (non-hydrogen) atoms. The summed E-state index contributed by atoms with van der Waals surface area (Å²) in [5.41, 5.74) is -1.99. The predicted molar refractivity (Wildman–Crippen MR) is 69.6 cm³/mol. The Balaban J connectivity index is 2.78. The molecule has 2 rings (SSSR count). The second kappa shape index (κ2) is 4.81. The molecule has 0 aliphatic carbocycles. The van der Waals surface area contributed by atoms with E-state index in [2.05, 4.69) is 0 Å². The molecular weight excluding hydrogens is 300 g/mol. The number of phenolic OH excluding ortho intramolecular Hbond substituents is 8. The molecule has 0 spiro atoms. The Bertz CT molecular complexity index is 769. The highest BCUT2D eigenvalue weighted by Gasteiger charge is 2.30. The van der Waals surface area contributed by atoms with Crippen molar-refractivity contribution in [3.8, 4) is 46.0 Å². The summed E-state index contributed by atoms with van der Waals surface area (Å²) in [5.74, 6) is -9.78. The van der Waals surface area contributed by atoms with Crippen LogP contribution < -0.4 is 0 Å². The lowest BCUT2D eigenvalue weighted by Gasteiger charge is -2.12. The molecule has 0 aromatic heterocycles. The lowest BCUT2D eigenvalue weighted by molar-refractivity contribution is 0.102. The molecule has 0 aliphatic rings. The number of hydrogen-bond donors (Lipinski definition) is 8. The molecule has 0 saturated heterocycles. The molecule has 0 bridgehead atoms. The van der Waals surface area contributed by atoms with E-state index in [-0.39, 0.29) is 0 Å². The topological polar surface area (TPSA) is 179 Å². The van der Waals surface area contributed by atoms with Crippen LogP contribution in [0.4, 0.5) is 0 Å². The molecule has 2 aromatic carbocycles. The van der Waals surface area contributed by atoms with Gasteiger partial charge in [0.15, 0.2) is 34.5 Å². The van der Waals surface area contributed by atoms with Crippen LogP contribution in [0.3, 0.4) is 0 Å². The molecule has 0 atom stereocenters. The Morgan fingerprint density at radius 2 is 0.955 bits per heavy atom. The molecule has 0 aliphatic heterocycles. The van der Waals surface area contributed by atoms with Gasteiger partial charge >= 0.3 is 0 Å². The maximum atomic E-state index is 12.2. The maximum absolute atomic E-state index is 12.2. The minimum atomic E-state index is -1.42. The fourth-order valence-corrected chi connectivity index (χ4v) is 1.83. The fraction of sp³-hybridized carbons (Fsp3) is 0. The minimum Gasteiger partial charge on any atom is -0.507 e. The highest BCUT2D eigenvalue weighted by Crippen LogP contribution is 2.48. The van der Waals surface area contributed by atoms with Crippen LogP contribution in [0.1, 0.15) is 15.9 Å². The monoisotopic (exact) mass is 310 g/mol. The zero-order valence-electron chi connectivity index (χ0n) is 10.6. The van der Waals surface area contributed by atoms with Gasteiger partial charge in [0, 0.05) is 12.1 Å². The molecule has 0 unspecified atom stereocenters. The molecule has 0 saturated carbocycles. The number of carbonyl (C=O) groups is 1. The SMILES string of the molecule is O=C(c1c(O)cc(O)c(O)c1O)c1c(O)c(O)cc(O)c1O. The maximum Gasteiger partial charge on any atom is 0.208 e. The number of hydrogen-bond acceptors (Lipinski definition) is 9. The van der Waals surface area contributed by atoms with Crippen LogP contribution in [0.25, 0.3) is 0 Å². The molecule has 0 radical (unpaired) electrons. The molecule has 2 aromatic rings. The van der Waals surface area contributed by atoms with E-state index in [1.54, 1.807) is 0 Å². The number of phenols is 8. The van der Waals surface area contributed by atoms with Gasteiger partial charge in [0.2, 0.25) is 11.5 Å². The summed E-state index contributed by atoms with van der Waals surface area (Å²) in [6.45, 7) is 0. The average molecular weight is 310 g/mol. The van der Waals surface area contributed by atoms with Gasteiger partial charge in [-0.1, -0.05) is 0 Å². The third-order valence-electron chi connectivity index (χ3n) is 2.92. The molecule has 0 heterocycles. The molecule has 9 heteroatoms. The molecule has 116 valence electrons. The number of aromatic hydroxyl groups is 8. The Labute approximate surface area is 121 Å². The van der Waals surface area contributed by atoms with E-state index in [1.165, 1.54) is 0 Å². The highest BCUT2D eigenvalue weighted by atomic mass is 16.3. The van der Waals surface area contributed by atoms with Crippen molar-refractivity contribution in [2.24, 2.45) is 0 Å². The second-order valence-electron chi connectivity index (χ2n) is 4.30. The summed E-state index contributed by atoms with van der Waals surface area (Å²) in [7, 11) is 0. The lowest BCUT2D eigenvalue weighted by atomic mass is 9.98. The Kier molecular flexibility index (Phi) is 3.26. The van der Waals surface area contributed by atoms with Crippen molar-refractivity contribution in [3.05, 3.63) is 23.3 Å². The Morgan fingerprint density at radius 1 is 0.545 bits per heavy atom. The normalized spacial score (nSPS) is 10.5. The lowest BCUT2D eigenvalue weighted by Crippen LogP contribution is -2.04. The molecule has 0 amide bonds. The van der Waals surface area contributed by atoms with E-state index in [4.69, 9.17) is 0 Å². The zero-order valence-corrected chi connectivity index (χ0v) is 10.6. The fourth-order valence-electron chi connectivity index (χ4n) is 1.83. The van der Waals surface area contributed by atoms with Crippen LogP contribution in [0.2, 0.25) is 0 Å². The summed E-state index contributed by atoms with van der Waals surface area (Å²) in [6.07, 6.45) is 0. The van der Waals surface area contributed by atoms with Crippen LogP contribution in [0, 0.1) is 0 Å². The van der Waals surface area contributed by atoms with E-state index < -0.39 is 62.9 Å². The third-order valence-corrected chi connectivity index (χ3v) is 2.92. The predicted octanol–water partition coefficient (Wildman–Crippen LogP) is 0.562. The summed E-state index contributed by atoms with van der Waals surface area (Å²) in [6, 6.07) is 1.11. The first-order chi connectivity index (χ1) is 10.2. The summed E-state index contributed by atoms with van der Waals surface area (Å²) in [4.78, 5) is 12.2. The van der Waals surface area contributed by atoms with Gasteiger partial charge in [0.1, 0.15) is 16.9 Å². The van der Waals surface area contributed by atoms with E-state index in [0.29, 0.717) is 12.1 Å². The van der Waals surface area contributed by atoms with Crippen LogP contribution in [-0.2, 0) is 0 Å². The minimum absolute atomic E-state index is 0.541. The third kappa shape index (κ3) is 2.00. The Hall–Kier alpha value is -3.49. The van der Waals surface area contributed by atoms with Gasteiger partial charge in [-0.25, -0.2) is 0 Å². The number of ketones is 1. The van der Waals surface area contributed by atoms with Gasteiger partial charge < -0.3 is 40.9 Å². The second-order valence-corrected chi connectivity index (χ2v) is 4.30. The van der Waals surface area contributed by atoms with Crippen LogP contribution in [-0.4, -0.2) is 46.6 Å². The first-order valence-corrected chi connectivity index (χ1v) is 5.65. The molecule has 8 N–H and O–H groups in total. The summed E-state index contributed by atoms with van der Waals surface area (Å²) < 4.78 is 0. The van der Waals surface area contributed by atoms with Gasteiger partial charge in [-0.3, -0.25) is 4.79 Å². The molecule has 9 nitrogen and oxygen atoms in total. The van der Waals surface area contributed by atoms with Crippen molar-refractivity contribution in [1.82, 2.24) is 0 Å². The zero-order chi connectivity index (χ0) is 16.8. The van der Waals surface area contributed by atoms with Crippen LogP contribution in [0.5, 0.6) is 46.0 Å². The van der Waals surface area contributed by atoms with Crippen molar-refractivity contribution in [2.45, 2.75) is 0 Å². The average Bonchev–Trinajstić information content (AvgIpc) is 2.43. The number of carbonyl (C=O) groups excluding carboxylic acids is 1. The smallest absolute Gasteiger partial charge is 0.208 e. The largest absolute Gasteiger partial charge is 0.507 e. The standard InChI is InChI=1S/C13H10O9/c14-3-1-6(17)11(20)13(22)7(3)12(21)8-9(18)4(15)2-5(16)10(8)19/h1-2,14-20,22H. The first-order valence-electron chi connectivity index (χ1n) is 5.65. The van der Waals surface area contributed by atoms with E-state index in [9.17, 15) is 45.6 Å². The van der Waals surface area contributed by atoms with Crippen LogP contribution >= 0.6 is 0 Å². The van der Waals surface area contributed by atoms with Crippen molar-refractivity contribution >= 4 is 5.78 Å². The summed E-state index contributed by atoms with van der Waals surface area (Å²) in [5, 5.41) is 75.8.